The number of nitrogens with zero attached hydrogens (tertiary/aromatic N) is 1. The van der Waals surface area contributed by atoms with Crippen LogP contribution in [0.25, 0.3) is 0 Å². The number of benzene rings is 1. The first kappa shape index (κ1) is 14.9. The molecule has 0 saturated carbocycles. The van der Waals surface area contributed by atoms with Crippen molar-refractivity contribution in [1.82, 2.24) is 4.90 Å². The molecule has 0 radical (unpaired) electrons. The zero-order chi connectivity index (χ0) is 14.9. The van der Waals surface area contributed by atoms with Crippen LogP contribution in [0.5, 0.6) is 5.75 Å². The smallest absolute Gasteiger partial charge is 0.324 e. The van der Waals surface area contributed by atoms with E-state index < -0.39 is 11.5 Å². The van der Waals surface area contributed by atoms with Gasteiger partial charge in [0.25, 0.3) is 0 Å². The summed E-state index contributed by atoms with van der Waals surface area (Å²) in [6, 6.07) is 5.39. The Kier molecular flexibility index (Phi) is 4.04. The van der Waals surface area contributed by atoms with Crippen LogP contribution >= 0.6 is 0 Å². The van der Waals surface area contributed by atoms with Crippen molar-refractivity contribution >= 4 is 5.97 Å². The predicted octanol–water partition coefficient (Wildman–Crippen LogP) is 3.09. The highest BCUT2D eigenvalue weighted by molar-refractivity contribution is 5.79. The lowest BCUT2D eigenvalue weighted by Gasteiger charge is -2.38. The summed E-state index contributed by atoms with van der Waals surface area (Å²) in [5.74, 6) is -0.512. The van der Waals surface area contributed by atoms with Gasteiger partial charge in [0.2, 0.25) is 0 Å². The zero-order valence-electron chi connectivity index (χ0n) is 12.4. The summed E-state index contributed by atoms with van der Waals surface area (Å²) in [5.41, 5.74) is 1.09. The monoisotopic (exact) mass is 277 g/mol. The lowest BCUT2D eigenvalue weighted by atomic mass is 9.90. The van der Waals surface area contributed by atoms with E-state index in [0.29, 0.717) is 12.8 Å². The topological polar surface area (TPSA) is 60.8 Å². The third kappa shape index (κ3) is 2.29. The normalized spacial score (nSPS) is 24.8. The van der Waals surface area contributed by atoms with Crippen molar-refractivity contribution in [3.63, 3.8) is 0 Å². The van der Waals surface area contributed by atoms with Crippen LogP contribution in [0.2, 0.25) is 0 Å². The van der Waals surface area contributed by atoms with E-state index in [1.165, 1.54) is 0 Å². The molecule has 2 N–H and O–H groups in total. The number of carbonyl (C=O) groups is 1. The molecule has 1 aromatic rings. The third-order valence-electron chi connectivity index (χ3n) is 4.62. The summed E-state index contributed by atoms with van der Waals surface area (Å²) in [4.78, 5) is 13.8. The quantitative estimate of drug-likeness (QED) is 0.888. The highest BCUT2D eigenvalue weighted by Crippen LogP contribution is 2.41. The molecule has 2 unspecified atom stereocenters. The molecule has 1 aromatic carbocycles. The Bertz CT molecular complexity index is 514. The molecule has 4 heteroatoms. The van der Waals surface area contributed by atoms with Crippen molar-refractivity contribution in [3.05, 3.63) is 29.3 Å². The molecule has 1 aliphatic rings. The van der Waals surface area contributed by atoms with E-state index in [1.54, 1.807) is 6.07 Å². The Hall–Kier alpha value is -1.55. The van der Waals surface area contributed by atoms with Crippen LogP contribution in [0.1, 0.15) is 50.3 Å². The van der Waals surface area contributed by atoms with Gasteiger partial charge in [0.1, 0.15) is 11.3 Å². The maximum absolute atomic E-state index is 11.7. The predicted molar refractivity (Wildman–Crippen MR) is 77.9 cm³/mol. The molecule has 1 fully saturated rings. The Labute approximate surface area is 120 Å². The van der Waals surface area contributed by atoms with Gasteiger partial charge in [-0.05, 0) is 45.7 Å². The molecule has 110 valence electrons. The summed E-state index contributed by atoms with van der Waals surface area (Å²) in [6.07, 6.45) is 2.14. The lowest BCUT2D eigenvalue weighted by Crippen LogP contribution is -2.50. The van der Waals surface area contributed by atoms with Gasteiger partial charge in [0, 0.05) is 11.6 Å². The standard InChI is InChI=1S/C16H23NO3/c1-4-16(15(19)20)8-5-9-17(16)12(3)13-10-11(2)6-7-14(13)18/h6-7,10,12,18H,4-5,8-9H2,1-3H3,(H,19,20). The molecule has 2 atom stereocenters. The number of phenolic OH excluding ortho intramolecular Hbond substituents is 1. The van der Waals surface area contributed by atoms with Crippen LogP contribution in [0.15, 0.2) is 18.2 Å². The van der Waals surface area contributed by atoms with Crippen LogP contribution in [-0.2, 0) is 4.79 Å². The molecule has 1 saturated heterocycles. The Morgan fingerprint density at radius 2 is 2.20 bits per heavy atom. The van der Waals surface area contributed by atoms with Crippen LogP contribution in [0, 0.1) is 6.92 Å². The van der Waals surface area contributed by atoms with Crippen LogP contribution in [0.4, 0.5) is 0 Å². The largest absolute Gasteiger partial charge is 0.508 e. The highest BCUT2D eigenvalue weighted by Gasteiger charge is 2.48. The fourth-order valence-electron chi connectivity index (χ4n) is 3.40. The average Bonchev–Trinajstić information content (AvgIpc) is 2.85. The first-order valence-electron chi connectivity index (χ1n) is 7.22. The van der Waals surface area contributed by atoms with Crippen molar-refractivity contribution < 1.29 is 15.0 Å². The van der Waals surface area contributed by atoms with Crippen molar-refractivity contribution in [2.24, 2.45) is 0 Å². The van der Waals surface area contributed by atoms with E-state index in [1.807, 2.05) is 37.8 Å². The minimum atomic E-state index is -0.796. The maximum atomic E-state index is 11.7. The second-order valence-corrected chi connectivity index (χ2v) is 5.73. The molecule has 0 bridgehead atoms. The zero-order valence-corrected chi connectivity index (χ0v) is 12.4. The number of hydrogen-bond acceptors (Lipinski definition) is 3. The van der Waals surface area contributed by atoms with E-state index in [2.05, 4.69) is 0 Å². The molecule has 20 heavy (non-hydrogen) atoms. The molecule has 1 aliphatic heterocycles. The van der Waals surface area contributed by atoms with Gasteiger partial charge in [-0.1, -0.05) is 24.6 Å². The molecule has 0 spiro atoms. The number of phenols is 1. The maximum Gasteiger partial charge on any atom is 0.324 e. The van der Waals surface area contributed by atoms with Crippen molar-refractivity contribution in [1.29, 1.82) is 0 Å². The number of aryl methyl sites for hydroxylation is 1. The van der Waals surface area contributed by atoms with Crippen LogP contribution in [-0.4, -0.2) is 33.2 Å². The Balaban J connectivity index is 2.39. The molecule has 2 rings (SSSR count). The van der Waals surface area contributed by atoms with E-state index in [-0.39, 0.29) is 11.8 Å². The molecular weight excluding hydrogens is 254 g/mol. The molecule has 0 aliphatic carbocycles. The van der Waals surface area contributed by atoms with Gasteiger partial charge in [-0.15, -0.1) is 0 Å². The van der Waals surface area contributed by atoms with E-state index in [9.17, 15) is 15.0 Å². The summed E-state index contributed by atoms with van der Waals surface area (Å²) < 4.78 is 0. The number of likely N-dealkylation sites (tertiary alicyclic amines) is 1. The summed E-state index contributed by atoms with van der Waals surface area (Å²) >= 11 is 0. The highest BCUT2D eigenvalue weighted by atomic mass is 16.4. The Morgan fingerprint density at radius 3 is 2.80 bits per heavy atom. The van der Waals surface area contributed by atoms with Gasteiger partial charge in [0.15, 0.2) is 0 Å². The van der Waals surface area contributed by atoms with Crippen LogP contribution < -0.4 is 0 Å². The lowest BCUT2D eigenvalue weighted by molar-refractivity contribution is -0.151. The van der Waals surface area contributed by atoms with Crippen LogP contribution in [0.3, 0.4) is 0 Å². The van der Waals surface area contributed by atoms with Crippen molar-refractivity contribution in [3.8, 4) is 5.75 Å². The van der Waals surface area contributed by atoms with Gasteiger partial charge in [-0.3, -0.25) is 9.69 Å². The van der Waals surface area contributed by atoms with Gasteiger partial charge >= 0.3 is 5.97 Å². The molecule has 0 aromatic heterocycles. The summed E-state index contributed by atoms with van der Waals surface area (Å²) in [5, 5.41) is 19.7. The number of aliphatic carboxylic acids is 1. The minimum absolute atomic E-state index is 0.103. The van der Waals surface area contributed by atoms with Gasteiger partial charge in [0.05, 0.1) is 0 Å². The number of carboxylic acid groups (broad SMARTS) is 1. The molecule has 1 heterocycles. The number of rotatable bonds is 4. The number of aromatic hydroxyl groups is 1. The first-order valence-corrected chi connectivity index (χ1v) is 7.22. The summed E-state index contributed by atoms with van der Waals surface area (Å²) in [6.45, 7) is 6.64. The molecule has 4 nitrogen and oxygen atoms in total. The minimum Gasteiger partial charge on any atom is -0.508 e. The number of hydrogen-bond donors (Lipinski definition) is 2. The van der Waals surface area contributed by atoms with Gasteiger partial charge in [-0.2, -0.15) is 0 Å². The fourth-order valence-corrected chi connectivity index (χ4v) is 3.40. The fraction of sp³-hybridized carbons (Fsp3) is 0.562. The van der Waals surface area contributed by atoms with Crippen molar-refractivity contribution in [2.45, 2.75) is 51.6 Å². The average molecular weight is 277 g/mol. The SMILES string of the molecule is CCC1(C(=O)O)CCCN1C(C)c1cc(C)ccc1O. The molecular formula is C16H23NO3. The van der Waals surface area contributed by atoms with Gasteiger partial charge < -0.3 is 10.2 Å². The van der Waals surface area contributed by atoms with Crippen molar-refractivity contribution in [2.75, 3.05) is 6.54 Å². The second kappa shape index (κ2) is 5.44. The Morgan fingerprint density at radius 1 is 1.50 bits per heavy atom. The third-order valence-corrected chi connectivity index (χ3v) is 4.62. The summed E-state index contributed by atoms with van der Waals surface area (Å²) in [7, 11) is 0. The van der Waals surface area contributed by atoms with Gasteiger partial charge in [-0.25, -0.2) is 0 Å². The van der Waals surface area contributed by atoms with E-state index in [0.717, 1.165) is 24.1 Å². The second-order valence-electron chi connectivity index (χ2n) is 5.73. The van der Waals surface area contributed by atoms with E-state index in [4.69, 9.17) is 0 Å². The molecule has 0 amide bonds. The van der Waals surface area contributed by atoms with E-state index >= 15 is 0 Å². The first-order chi connectivity index (χ1) is 9.42. The number of carboxylic acids is 1.